The lowest BCUT2D eigenvalue weighted by atomic mass is 10.1. The number of aromatic hydroxyl groups is 1. The number of phenolic OH excluding ortho intramolecular Hbond substituents is 1. The molecule has 3 aromatic carbocycles. The van der Waals surface area contributed by atoms with Gasteiger partial charge in [0.2, 0.25) is 5.91 Å². The number of hydrogen-bond donors (Lipinski definition) is 3. The van der Waals surface area contributed by atoms with Crippen molar-refractivity contribution in [3.05, 3.63) is 82.4 Å². The van der Waals surface area contributed by atoms with Crippen LogP contribution in [0.3, 0.4) is 0 Å². The van der Waals surface area contributed by atoms with E-state index in [2.05, 4.69) is 10.6 Å². The molecular formula is C25H26N2O4. The lowest BCUT2D eigenvalue weighted by Gasteiger charge is -2.15. The monoisotopic (exact) mass is 418 g/mol. The van der Waals surface area contributed by atoms with Crippen LogP contribution in [0.1, 0.15) is 39.5 Å². The Morgan fingerprint density at radius 1 is 0.968 bits per heavy atom. The van der Waals surface area contributed by atoms with Crippen molar-refractivity contribution in [2.75, 3.05) is 5.32 Å². The highest BCUT2D eigenvalue weighted by molar-refractivity contribution is 5.97. The number of anilines is 1. The Kier molecular flexibility index (Phi) is 6.60. The van der Waals surface area contributed by atoms with Crippen LogP contribution >= 0.6 is 0 Å². The number of benzene rings is 3. The van der Waals surface area contributed by atoms with Crippen molar-refractivity contribution in [2.45, 2.75) is 34.2 Å². The molecule has 0 aliphatic rings. The van der Waals surface area contributed by atoms with Crippen LogP contribution in [0.25, 0.3) is 0 Å². The quantitative estimate of drug-likeness (QED) is 0.526. The number of nitrogens with one attached hydrogen (secondary N) is 2. The Balaban J connectivity index is 1.78. The second-order valence-electron chi connectivity index (χ2n) is 7.57. The van der Waals surface area contributed by atoms with Crippen molar-refractivity contribution >= 4 is 17.5 Å². The molecule has 0 aliphatic heterocycles. The van der Waals surface area contributed by atoms with Gasteiger partial charge in [-0.1, -0.05) is 29.8 Å². The van der Waals surface area contributed by atoms with E-state index < -0.39 is 0 Å². The van der Waals surface area contributed by atoms with E-state index in [0.717, 1.165) is 22.3 Å². The lowest BCUT2D eigenvalue weighted by Crippen LogP contribution is -2.22. The van der Waals surface area contributed by atoms with E-state index in [9.17, 15) is 14.7 Å². The third-order valence-corrected chi connectivity index (χ3v) is 4.75. The summed E-state index contributed by atoms with van der Waals surface area (Å²) >= 11 is 0. The molecule has 3 N–H and O–H groups in total. The molecule has 0 bridgehead atoms. The molecule has 0 atom stereocenters. The zero-order valence-corrected chi connectivity index (χ0v) is 18.1. The van der Waals surface area contributed by atoms with Gasteiger partial charge in [-0.2, -0.15) is 0 Å². The number of phenols is 1. The van der Waals surface area contributed by atoms with Gasteiger partial charge in [0.1, 0.15) is 17.2 Å². The van der Waals surface area contributed by atoms with Gasteiger partial charge in [-0.15, -0.1) is 0 Å². The lowest BCUT2D eigenvalue weighted by molar-refractivity contribution is -0.114. The Bertz CT molecular complexity index is 1120. The van der Waals surface area contributed by atoms with Crippen LogP contribution in [0.5, 0.6) is 17.2 Å². The molecule has 0 unspecified atom stereocenters. The van der Waals surface area contributed by atoms with Crippen LogP contribution in [0.2, 0.25) is 0 Å². The molecule has 0 saturated heterocycles. The van der Waals surface area contributed by atoms with Crippen LogP contribution in [-0.4, -0.2) is 16.9 Å². The fraction of sp³-hybridized carbons (Fsp3) is 0.200. The van der Waals surface area contributed by atoms with Gasteiger partial charge in [-0.05, 0) is 67.8 Å². The highest BCUT2D eigenvalue weighted by Crippen LogP contribution is 2.33. The third kappa shape index (κ3) is 5.63. The fourth-order valence-electron chi connectivity index (χ4n) is 3.36. The molecule has 0 fully saturated rings. The minimum Gasteiger partial charge on any atom is -0.507 e. The number of hydrogen-bond acceptors (Lipinski definition) is 4. The van der Waals surface area contributed by atoms with Crippen molar-refractivity contribution in [2.24, 2.45) is 0 Å². The first-order valence-electron chi connectivity index (χ1n) is 9.96. The predicted octanol–water partition coefficient (Wildman–Crippen LogP) is 5.00. The molecule has 0 aliphatic carbocycles. The Hall–Kier alpha value is -3.80. The summed E-state index contributed by atoms with van der Waals surface area (Å²) in [7, 11) is 0. The fourth-order valence-corrected chi connectivity index (χ4v) is 3.36. The van der Waals surface area contributed by atoms with Gasteiger partial charge >= 0.3 is 0 Å². The summed E-state index contributed by atoms with van der Waals surface area (Å²) in [6, 6.07) is 16.1. The number of carbonyl (C=O) groups excluding carboxylic acids is 2. The minimum absolute atomic E-state index is 0.122. The van der Waals surface area contributed by atoms with Crippen LogP contribution in [-0.2, 0) is 11.3 Å². The Labute approximate surface area is 181 Å². The van der Waals surface area contributed by atoms with Gasteiger partial charge in [0.05, 0.1) is 5.56 Å². The van der Waals surface area contributed by atoms with E-state index in [1.54, 1.807) is 6.07 Å². The smallest absolute Gasteiger partial charge is 0.255 e. The molecule has 160 valence electrons. The third-order valence-electron chi connectivity index (χ3n) is 4.75. The van der Waals surface area contributed by atoms with E-state index >= 15 is 0 Å². The van der Waals surface area contributed by atoms with Crippen LogP contribution in [0.15, 0.2) is 54.6 Å². The summed E-state index contributed by atoms with van der Waals surface area (Å²) in [6.07, 6.45) is 0. The first-order valence-corrected chi connectivity index (χ1v) is 9.96. The van der Waals surface area contributed by atoms with Crippen molar-refractivity contribution in [1.82, 2.24) is 5.32 Å². The summed E-state index contributed by atoms with van der Waals surface area (Å²) < 4.78 is 6.02. The average Bonchev–Trinajstić information content (AvgIpc) is 2.69. The molecular weight excluding hydrogens is 392 g/mol. The zero-order chi connectivity index (χ0) is 22.5. The van der Waals surface area contributed by atoms with Crippen molar-refractivity contribution in [3.63, 3.8) is 0 Å². The molecule has 0 saturated carbocycles. The first kappa shape index (κ1) is 21.9. The maximum absolute atomic E-state index is 12.6. The molecule has 3 aromatic rings. The summed E-state index contributed by atoms with van der Waals surface area (Å²) in [6.45, 7) is 7.56. The maximum atomic E-state index is 12.6. The summed E-state index contributed by atoms with van der Waals surface area (Å²) in [4.78, 5) is 23.9. The molecule has 0 spiro atoms. The van der Waals surface area contributed by atoms with Gasteiger partial charge < -0.3 is 20.5 Å². The number of carbonyl (C=O) groups is 2. The molecule has 0 heterocycles. The Morgan fingerprint density at radius 3 is 2.32 bits per heavy atom. The molecule has 6 nitrogen and oxygen atoms in total. The van der Waals surface area contributed by atoms with Gasteiger partial charge in [-0.25, -0.2) is 0 Å². The number of amides is 2. The zero-order valence-electron chi connectivity index (χ0n) is 18.1. The van der Waals surface area contributed by atoms with Crippen molar-refractivity contribution < 1.29 is 19.4 Å². The minimum atomic E-state index is -0.390. The molecule has 31 heavy (non-hydrogen) atoms. The van der Waals surface area contributed by atoms with Gasteiger partial charge in [0.15, 0.2) is 0 Å². The molecule has 2 amide bonds. The maximum Gasteiger partial charge on any atom is 0.255 e. The summed E-state index contributed by atoms with van der Waals surface area (Å²) in [5.41, 5.74) is 4.59. The van der Waals surface area contributed by atoms with Crippen LogP contribution < -0.4 is 15.4 Å². The van der Waals surface area contributed by atoms with E-state index in [1.165, 1.54) is 19.1 Å². The van der Waals surface area contributed by atoms with Crippen LogP contribution in [0, 0.1) is 20.8 Å². The van der Waals surface area contributed by atoms with Crippen molar-refractivity contribution in [3.8, 4) is 17.2 Å². The van der Waals surface area contributed by atoms with E-state index in [-0.39, 0.29) is 23.1 Å². The first-order chi connectivity index (χ1) is 14.7. The average molecular weight is 418 g/mol. The second kappa shape index (κ2) is 9.34. The molecule has 3 rings (SSSR count). The van der Waals surface area contributed by atoms with Crippen molar-refractivity contribution in [1.29, 1.82) is 0 Å². The van der Waals surface area contributed by atoms with Crippen LogP contribution in [0.4, 0.5) is 5.69 Å². The number of rotatable bonds is 6. The number of aryl methyl sites for hydroxylation is 3. The highest BCUT2D eigenvalue weighted by Gasteiger charge is 2.15. The SMILES string of the molecule is CC(=O)Nc1cc(C)c(Oc2ccc(O)c(C(=O)NCc3cccc(C)c3)c2)c(C)c1. The molecule has 0 aromatic heterocycles. The normalized spacial score (nSPS) is 10.5. The summed E-state index contributed by atoms with van der Waals surface area (Å²) in [5, 5.41) is 15.8. The van der Waals surface area contributed by atoms with E-state index in [1.807, 2.05) is 57.2 Å². The van der Waals surface area contributed by atoms with Gasteiger partial charge in [-0.3, -0.25) is 9.59 Å². The summed E-state index contributed by atoms with van der Waals surface area (Å²) in [5.74, 6) is 0.401. The van der Waals surface area contributed by atoms with E-state index in [4.69, 9.17) is 4.74 Å². The number of ether oxygens (including phenoxy) is 1. The topological polar surface area (TPSA) is 87.7 Å². The second-order valence-corrected chi connectivity index (χ2v) is 7.57. The van der Waals surface area contributed by atoms with Gasteiger partial charge in [0.25, 0.3) is 5.91 Å². The molecule has 0 radical (unpaired) electrons. The standard InChI is InChI=1S/C25H26N2O4/c1-15-6-5-7-19(10-15)14-26-25(30)22-13-21(8-9-23(22)29)31-24-16(2)11-20(12-17(24)3)27-18(4)28/h5-13,29H,14H2,1-4H3,(H,26,30)(H,27,28). The largest absolute Gasteiger partial charge is 0.507 e. The predicted molar refractivity (Wildman–Crippen MR) is 121 cm³/mol. The van der Waals surface area contributed by atoms with Gasteiger partial charge in [0, 0.05) is 19.2 Å². The highest BCUT2D eigenvalue weighted by atomic mass is 16.5. The Morgan fingerprint density at radius 2 is 1.68 bits per heavy atom. The molecule has 6 heteroatoms. The van der Waals surface area contributed by atoms with E-state index in [0.29, 0.717) is 23.7 Å².